The molecule has 0 spiro atoms. The van der Waals surface area contributed by atoms with Crippen molar-refractivity contribution in [3.63, 3.8) is 0 Å². The highest BCUT2D eigenvalue weighted by Gasteiger charge is 2.29. The number of carbonyl (C=O) groups excluding carboxylic acids is 1. The third kappa shape index (κ3) is 4.82. The van der Waals surface area contributed by atoms with Crippen LogP contribution in [0.5, 0.6) is 0 Å². The molecule has 3 unspecified atom stereocenters. The molecular weight excluding hydrogens is 240 g/mol. The van der Waals surface area contributed by atoms with Crippen LogP contribution in [-0.4, -0.2) is 36.8 Å². The molecule has 0 radical (unpaired) electrons. The summed E-state index contributed by atoms with van der Waals surface area (Å²) in [5.74, 6) is 0.210. The quantitative estimate of drug-likeness (QED) is 0.706. The van der Waals surface area contributed by atoms with Gasteiger partial charge in [-0.25, -0.2) is 0 Å². The van der Waals surface area contributed by atoms with E-state index in [0.29, 0.717) is 13.1 Å². The summed E-state index contributed by atoms with van der Waals surface area (Å²) in [5, 5.41) is 15.6. The first kappa shape index (κ1) is 16.7. The average Bonchev–Trinajstić information content (AvgIpc) is 2.58. The molecule has 0 aromatic carbocycles. The van der Waals surface area contributed by atoms with Crippen LogP contribution in [0.25, 0.3) is 0 Å². The van der Waals surface area contributed by atoms with Crippen LogP contribution in [0, 0.1) is 17.3 Å². The average molecular weight is 265 g/mol. The second-order valence-electron chi connectivity index (χ2n) is 5.82. The number of β-amino-alcohol motifs (C(OH)–C–C–N with tert-alkyl or cyclic N) is 1. The van der Waals surface area contributed by atoms with Crippen molar-refractivity contribution >= 4 is 18.3 Å². The SMILES string of the molecule is CC(C(=O)NCC1CNCC1O)C(C)(C)C.Cl. The Bertz CT molecular complexity index is 253. The number of carbonyl (C=O) groups is 1. The molecule has 1 aliphatic rings. The van der Waals surface area contributed by atoms with Crippen LogP contribution >= 0.6 is 12.4 Å². The summed E-state index contributed by atoms with van der Waals surface area (Å²) in [5.41, 5.74) is -0.0172. The molecule has 0 aromatic rings. The summed E-state index contributed by atoms with van der Waals surface area (Å²) in [6.07, 6.45) is -0.328. The Morgan fingerprint density at radius 3 is 2.47 bits per heavy atom. The fourth-order valence-corrected chi connectivity index (χ4v) is 1.71. The molecule has 0 bridgehead atoms. The zero-order valence-electron chi connectivity index (χ0n) is 11.1. The molecule has 5 heteroatoms. The number of nitrogens with one attached hydrogen (secondary N) is 2. The highest BCUT2D eigenvalue weighted by molar-refractivity contribution is 5.85. The van der Waals surface area contributed by atoms with E-state index >= 15 is 0 Å². The van der Waals surface area contributed by atoms with Crippen LogP contribution in [-0.2, 0) is 4.79 Å². The third-order valence-electron chi connectivity index (χ3n) is 3.53. The predicted octanol–water partition coefficient (Wildman–Crippen LogP) is 0.787. The van der Waals surface area contributed by atoms with Crippen LogP contribution in [0.15, 0.2) is 0 Å². The summed E-state index contributed by atoms with van der Waals surface area (Å²) in [6.45, 7) is 10.1. The standard InChI is InChI=1S/C12H24N2O2.ClH/c1-8(12(2,3)4)11(16)14-6-9-5-13-7-10(9)15;/h8-10,13,15H,5-7H2,1-4H3,(H,14,16);1H. The molecular formula is C12H25ClN2O2. The summed E-state index contributed by atoms with van der Waals surface area (Å²) < 4.78 is 0. The lowest BCUT2D eigenvalue weighted by atomic mass is 9.81. The van der Waals surface area contributed by atoms with E-state index in [1.807, 2.05) is 6.92 Å². The van der Waals surface area contributed by atoms with Crippen LogP contribution in [0.2, 0.25) is 0 Å². The van der Waals surface area contributed by atoms with Gasteiger partial charge in [0, 0.05) is 31.5 Å². The largest absolute Gasteiger partial charge is 0.391 e. The molecule has 3 N–H and O–H groups in total. The van der Waals surface area contributed by atoms with Crippen LogP contribution in [0.4, 0.5) is 0 Å². The van der Waals surface area contributed by atoms with Crippen LogP contribution in [0.3, 0.4) is 0 Å². The summed E-state index contributed by atoms with van der Waals surface area (Å²) in [6, 6.07) is 0. The normalized spacial score (nSPS) is 26.2. The van der Waals surface area contributed by atoms with Crippen molar-refractivity contribution in [1.29, 1.82) is 0 Å². The van der Waals surface area contributed by atoms with Gasteiger partial charge in [-0.15, -0.1) is 12.4 Å². The number of hydrogen-bond donors (Lipinski definition) is 3. The Morgan fingerprint density at radius 2 is 2.06 bits per heavy atom. The van der Waals surface area contributed by atoms with Crippen molar-refractivity contribution < 1.29 is 9.90 Å². The molecule has 0 aliphatic carbocycles. The molecule has 1 heterocycles. The molecule has 17 heavy (non-hydrogen) atoms. The minimum Gasteiger partial charge on any atom is -0.391 e. The number of aliphatic hydroxyl groups excluding tert-OH is 1. The first-order valence-electron chi connectivity index (χ1n) is 5.99. The van der Waals surface area contributed by atoms with Gasteiger partial charge in [0.25, 0.3) is 0 Å². The molecule has 1 fully saturated rings. The summed E-state index contributed by atoms with van der Waals surface area (Å²) in [7, 11) is 0. The number of amides is 1. The van der Waals surface area contributed by atoms with Crippen molar-refractivity contribution in [2.24, 2.45) is 17.3 Å². The van der Waals surface area contributed by atoms with Gasteiger partial charge in [-0.2, -0.15) is 0 Å². The van der Waals surface area contributed by atoms with Gasteiger partial charge in [0.05, 0.1) is 6.10 Å². The number of hydrogen-bond acceptors (Lipinski definition) is 3. The Kier molecular flexibility index (Phi) is 6.45. The highest BCUT2D eigenvalue weighted by Crippen LogP contribution is 2.25. The Labute approximate surface area is 110 Å². The smallest absolute Gasteiger partial charge is 0.223 e. The van der Waals surface area contributed by atoms with Crippen molar-refractivity contribution in [2.45, 2.75) is 33.8 Å². The van der Waals surface area contributed by atoms with Gasteiger partial charge in [-0.1, -0.05) is 27.7 Å². The van der Waals surface area contributed by atoms with Gasteiger partial charge in [-0.05, 0) is 5.41 Å². The predicted molar refractivity (Wildman–Crippen MR) is 71.2 cm³/mol. The van der Waals surface area contributed by atoms with E-state index < -0.39 is 0 Å². The van der Waals surface area contributed by atoms with E-state index in [4.69, 9.17) is 0 Å². The van der Waals surface area contributed by atoms with Gasteiger partial charge in [0.15, 0.2) is 0 Å². The van der Waals surface area contributed by atoms with E-state index in [9.17, 15) is 9.90 Å². The third-order valence-corrected chi connectivity index (χ3v) is 3.53. The zero-order chi connectivity index (χ0) is 12.3. The zero-order valence-corrected chi connectivity index (χ0v) is 11.9. The number of rotatable bonds is 3. The van der Waals surface area contributed by atoms with E-state index in [0.717, 1.165) is 6.54 Å². The molecule has 1 rings (SSSR count). The first-order chi connectivity index (χ1) is 7.32. The van der Waals surface area contributed by atoms with Gasteiger partial charge in [0.1, 0.15) is 0 Å². The van der Waals surface area contributed by atoms with Crippen molar-refractivity contribution in [3.8, 4) is 0 Å². The van der Waals surface area contributed by atoms with Gasteiger partial charge < -0.3 is 15.7 Å². The van der Waals surface area contributed by atoms with E-state index in [-0.39, 0.29) is 41.7 Å². The number of aliphatic hydroxyl groups is 1. The number of halogens is 1. The van der Waals surface area contributed by atoms with E-state index in [2.05, 4.69) is 31.4 Å². The summed E-state index contributed by atoms with van der Waals surface area (Å²) in [4.78, 5) is 11.8. The molecule has 0 aromatic heterocycles. The minimum atomic E-state index is -0.328. The molecule has 1 saturated heterocycles. The fraction of sp³-hybridized carbons (Fsp3) is 0.917. The van der Waals surface area contributed by atoms with Gasteiger partial charge in [0.2, 0.25) is 5.91 Å². The lowest BCUT2D eigenvalue weighted by Gasteiger charge is -2.26. The molecule has 1 aliphatic heterocycles. The lowest BCUT2D eigenvalue weighted by molar-refractivity contribution is -0.127. The van der Waals surface area contributed by atoms with E-state index in [1.54, 1.807) is 0 Å². The second-order valence-corrected chi connectivity index (χ2v) is 5.82. The second kappa shape index (κ2) is 6.57. The topological polar surface area (TPSA) is 61.4 Å². The van der Waals surface area contributed by atoms with Crippen molar-refractivity contribution in [3.05, 3.63) is 0 Å². The van der Waals surface area contributed by atoms with Crippen molar-refractivity contribution in [1.82, 2.24) is 10.6 Å². The summed E-state index contributed by atoms with van der Waals surface area (Å²) >= 11 is 0. The Hall–Kier alpha value is -0.320. The van der Waals surface area contributed by atoms with Crippen LogP contribution < -0.4 is 10.6 Å². The first-order valence-corrected chi connectivity index (χ1v) is 5.99. The molecule has 1 amide bonds. The maximum absolute atomic E-state index is 11.8. The van der Waals surface area contributed by atoms with Gasteiger partial charge >= 0.3 is 0 Å². The molecule has 102 valence electrons. The Balaban J connectivity index is 0.00000256. The molecule has 4 nitrogen and oxygen atoms in total. The van der Waals surface area contributed by atoms with Crippen LogP contribution in [0.1, 0.15) is 27.7 Å². The lowest BCUT2D eigenvalue weighted by Crippen LogP contribution is -2.40. The molecule has 3 atom stereocenters. The maximum atomic E-state index is 11.8. The fourth-order valence-electron chi connectivity index (χ4n) is 1.71. The maximum Gasteiger partial charge on any atom is 0.223 e. The van der Waals surface area contributed by atoms with Gasteiger partial charge in [-0.3, -0.25) is 4.79 Å². The van der Waals surface area contributed by atoms with Crippen molar-refractivity contribution in [2.75, 3.05) is 19.6 Å². The molecule has 0 saturated carbocycles. The Morgan fingerprint density at radius 1 is 1.47 bits per heavy atom. The monoisotopic (exact) mass is 264 g/mol. The van der Waals surface area contributed by atoms with E-state index in [1.165, 1.54) is 0 Å². The minimum absolute atomic E-state index is 0. The highest BCUT2D eigenvalue weighted by atomic mass is 35.5.